The minimum atomic E-state index is -1.01. The molecule has 2 aromatic heterocycles. The van der Waals surface area contributed by atoms with Gasteiger partial charge in [0.25, 0.3) is 0 Å². The van der Waals surface area contributed by atoms with E-state index < -0.39 is 12.0 Å². The molecule has 2 aromatic rings. The summed E-state index contributed by atoms with van der Waals surface area (Å²) in [4.78, 5) is 22.4. The molecule has 2 heterocycles. The van der Waals surface area contributed by atoms with Gasteiger partial charge in [0, 0.05) is 13.2 Å². The van der Waals surface area contributed by atoms with Crippen molar-refractivity contribution in [1.82, 2.24) is 29.9 Å². The molecule has 0 saturated carbocycles. The predicted molar refractivity (Wildman–Crippen MR) is 71.4 cm³/mol. The Morgan fingerprint density at radius 1 is 1.48 bits per heavy atom. The molecule has 0 aliphatic carbocycles. The normalized spacial score (nSPS) is 11.9. The van der Waals surface area contributed by atoms with Crippen LogP contribution in [0.4, 0.5) is 10.5 Å². The summed E-state index contributed by atoms with van der Waals surface area (Å²) in [5.74, 6) is -0.392. The number of amides is 2. The maximum atomic E-state index is 11.8. The third-order valence-electron chi connectivity index (χ3n) is 2.67. The summed E-state index contributed by atoms with van der Waals surface area (Å²) >= 11 is 0. The first kappa shape index (κ1) is 14.5. The van der Waals surface area contributed by atoms with E-state index in [1.807, 2.05) is 0 Å². The van der Waals surface area contributed by atoms with Crippen molar-refractivity contribution in [1.29, 1.82) is 0 Å². The standard InChI is InChI=1S/C11H15N7O3/c1-7(10-16-12-6-17(10)2)14-11(21)15-8-3-13-18(4-8)5-9(19)20/h3-4,6-7H,5H2,1-2H3,(H,19,20)(H2,14,15,21). The highest BCUT2D eigenvalue weighted by molar-refractivity contribution is 5.89. The number of nitrogens with zero attached hydrogens (tertiary/aromatic N) is 5. The van der Waals surface area contributed by atoms with Gasteiger partial charge in [-0.25, -0.2) is 4.79 Å². The number of rotatable bonds is 5. The Morgan fingerprint density at radius 2 is 2.24 bits per heavy atom. The van der Waals surface area contributed by atoms with Gasteiger partial charge < -0.3 is 20.3 Å². The number of aromatic nitrogens is 5. The van der Waals surface area contributed by atoms with Crippen LogP contribution in [-0.2, 0) is 18.4 Å². The average Bonchev–Trinajstić information content (AvgIpc) is 2.97. The Balaban J connectivity index is 1.91. The largest absolute Gasteiger partial charge is 0.480 e. The topological polar surface area (TPSA) is 127 Å². The van der Waals surface area contributed by atoms with Gasteiger partial charge in [0.2, 0.25) is 0 Å². The van der Waals surface area contributed by atoms with Crippen LogP contribution in [-0.4, -0.2) is 41.7 Å². The molecular formula is C11H15N7O3. The smallest absolute Gasteiger partial charge is 0.325 e. The Labute approximate surface area is 119 Å². The van der Waals surface area contributed by atoms with Crippen LogP contribution in [0.1, 0.15) is 18.8 Å². The van der Waals surface area contributed by atoms with Gasteiger partial charge in [-0.05, 0) is 6.92 Å². The number of aliphatic carboxylic acids is 1. The molecule has 10 nitrogen and oxygen atoms in total. The minimum absolute atomic E-state index is 0.265. The van der Waals surface area contributed by atoms with E-state index in [1.54, 1.807) is 24.9 Å². The monoisotopic (exact) mass is 293 g/mol. The van der Waals surface area contributed by atoms with Crippen molar-refractivity contribution in [2.24, 2.45) is 7.05 Å². The number of carboxylic acid groups (broad SMARTS) is 1. The van der Waals surface area contributed by atoms with E-state index in [4.69, 9.17) is 5.11 Å². The highest BCUT2D eigenvalue weighted by atomic mass is 16.4. The van der Waals surface area contributed by atoms with Crippen LogP contribution in [0.5, 0.6) is 0 Å². The molecule has 0 saturated heterocycles. The Kier molecular flexibility index (Phi) is 4.16. The van der Waals surface area contributed by atoms with E-state index in [0.717, 1.165) is 0 Å². The molecule has 2 rings (SSSR count). The van der Waals surface area contributed by atoms with Gasteiger partial charge in [-0.3, -0.25) is 9.48 Å². The van der Waals surface area contributed by atoms with Gasteiger partial charge in [0.15, 0.2) is 5.82 Å². The summed E-state index contributed by atoms with van der Waals surface area (Å²) in [6.07, 6.45) is 4.34. The lowest BCUT2D eigenvalue weighted by Gasteiger charge is -2.12. The Hall–Kier alpha value is -2.91. The lowest BCUT2D eigenvalue weighted by molar-refractivity contribution is -0.137. The second-order valence-corrected chi connectivity index (χ2v) is 4.44. The third-order valence-corrected chi connectivity index (χ3v) is 2.67. The van der Waals surface area contributed by atoms with Crippen molar-refractivity contribution >= 4 is 17.7 Å². The fourth-order valence-electron chi connectivity index (χ4n) is 1.77. The summed E-state index contributed by atoms with van der Waals surface area (Å²) in [5.41, 5.74) is 0.402. The molecule has 1 unspecified atom stereocenters. The van der Waals surface area contributed by atoms with Crippen LogP contribution in [0.15, 0.2) is 18.7 Å². The number of urea groups is 1. The second-order valence-electron chi connectivity index (χ2n) is 4.44. The second kappa shape index (κ2) is 6.03. The Morgan fingerprint density at radius 3 is 2.86 bits per heavy atom. The molecule has 1 atom stereocenters. The number of hydrogen-bond donors (Lipinski definition) is 3. The first-order valence-electron chi connectivity index (χ1n) is 6.11. The van der Waals surface area contributed by atoms with Crippen molar-refractivity contribution in [2.75, 3.05) is 5.32 Å². The van der Waals surface area contributed by atoms with Crippen molar-refractivity contribution in [3.63, 3.8) is 0 Å². The lowest BCUT2D eigenvalue weighted by Crippen LogP contribution is -2.32. The third kappa shape index (κ3) is 3.78. The van der Waals surface area contributed by atoms with E-state index >= 15 is 0 Å². The summed E-state index contributed by atoms with van der Waals surface area (Å²) in [6.45, 7) is 1.51. The molecule has 0 bridgehead atoms. The van der Waals surface area contributed by atoms with Gasteiger partial charge in [0.05, 0.1) is 17.9 Å². The molecule has 0 radical (unpaired) electrons. The summed E-state index contributed by atoms with van der Waals surface area (Å²) in [7, 11) is 1.78. The number of anilines is 1. The fourth-order valence-corrected chi connectivity index (χ4v) is 1.77. The van der Waals surface area contributed by atoms with Gasteiger partial charge in [-0.2, -0.15) is 5.10 Å². The molecule has 21 heavy (non-hydrogen) atoms. The number of nitrogens with one attached hydrogen (secondary N) is 2. The number of hydrogen-bond acceptors (Lipinski definition) is 5. The van der Waals surface area contributed by atoms with Crippen molar-refractivity contribution in [3.05, 3.63) is 24.5 Å². The molecule has 0 aliphatic heterocycles. The van der Waals surface area contributed by atoms with Crippen molar-refractivity contribution in [2.45, 2.75) is 19.5 Å². The van der Waals surface area contributed by atoms with E-state index in [2.05, 4.69) is 25.9 Å². The average molecular weight is 293 g/mol. The molecule has 3 N–H and O–H groups in total. The van der Waals surface area contributed by atoms with Gasteiger partial charge in [0.1, 0.15) is 12.9 Å². The zero-order valence-corrected chi connectivity index (χ0v) is 11.5. The SMILES string of the molecule is CC(NC(=O)Nc1cnn(CC(=O)O)c1)c1nncn1C. The number of aryl methyl sites for hydroxylation is 1. The first-order valence-corrected chi connectivity index (χ1v) is 6.11. The predicted octanol–water partition coefficient (Wildman–Crippen LogP) is -0.0211. The molecule has 10 heteroatoms. The van der Waals surface area contributed by atoms with E-state index in [9.17, 15) is 9.59 Å². The lowest BCUT2D eigenvalue weighted by atomic mass is 10.3. The molecule has 0 fully saturated rings. The van der Waals surface area contributed by atoms with Gasteiger partial charge in [-0.15, -0.1) is 10.2 Å². The maximum Gasteiger partial charge on any atom is 0.325 e. The van der Waals surface area contributed by atoms with Crippen LogP contribution in [0, 0.1) is 0 Å². The molecule has 0 aliphatic rings. The number of carbonyl (C=O) groups is 2. The highest BCUT2D eigenvalue weighted by Gasteiger charge is 2.14. The molecular weight excluding hydrogens is 278 g/mol. The molecule has 0 aromatic carbocycles. The van der Waals surface area contributed by atoms with Gasteiger partial charge >= 0.3 is 12.0 Å². The zero-order chi connectivity index (χ0) is 15.4. The maximum absolute atomic E-state index is 11.8. The quantitative estimate of drug-likeness (QED) is 0.711. The summed E-state index contributed by atoms with van der Waals surface area (Å²) in [6, 6.07) is -0.771. The van der Waals surface area contributed by atoms with Crippen LogP contribution in [0.2, 0.25) is 0 Å². The van der Waals surface area contributed by atoms with Gasteiger partial charge in [-0.1, -0.05) is 0 Å². The Bertz CT molecular complexity index is 648. The fraction of sp³-hybridized carbons (Fsp3) is 0.364. The number of carboxylic acids is 1. The van der Waals surface area contributed by atoms with E-state index in [1.165, 1.54) is 17.1 Å². The molecule has 0 spiro atoms. The van der Waals surface area contributed by atoms with Crippen molar-refractivity contribution < 1.29 is 14.7 Å². The summed E-state index contributed by atoms with van der Waals surface area (Å²) < 4.78 is 2.92. The van der Waals surface area contributed by atoms with E-state index in [0.29, 0.717) is 11.5 Å². The molecule has 112 valence electrons. The van der Waals surface area contributed by atoms with Crippen LogP contribution in [0.3, 0.4) is 0 Å². The zero-order valence-electron chi connectivity index (χ0n) is 11.5. The molecule has 2 amide bonds. The van der Waals surface area contributed by atoms with Crippen LogP contribution >= 0.6 is 0 Å². The van der Waals surface area contributed by atoms with Crippen molar-refractivity contribution in [3.8, 4) is 0 Å². The number of carbonyl (C=O) groups excluding carboxylic acids is 1. The minimum Gasteiger partial charge on any atom is -0.480 e. The summed E-state index contributed by atoms with van der Waals surface area (Å²) in [5, 5.41) is 25.4. The highest BCUT2D eigenvalue weighted by Crippen LogP contribution is 2.09. The van der Waals surface area contributed by atoms with E-state index in [-0.39, 0.29) is 12.6 Å². The van der Waals surface area contributed by atoms with Crippen LogP contribution < -0.4 is 10.6 Å². The first-order chi connectivity index (χ1) is 9.95. The van der Waals surface area contributed by atoms with Crippen LogP contribution in [0.25, 0.3) is 0 Å².